The Bertz CT molecular complexity index is 451. The molecule has 20 heavy (non-hydrogen) atoms. The van der Waals surface area contributed by atoms with Gasteiger partial charge in [0, 0.05) is 0 Å². The van der Waals surface area contributed by atoms with Gasteiger partial charge in [-0.05, 0) is 19.8 Å². The maximum Gasteiger partial charge on any atom is 0.324 e. The summed E-state index contributed by atoms with van der Waals surface area (Å²) in [6.07, 6.45) is 3.54. The van der Waals surface area contributed by atoms with Crippen molar-refractivity contribution in [2.24, 2.45) is 0 Å². The summed E-state index contributed by atoms with van der Waals surface area (Å²) in [5, 5.41) is 9.37. The maximum absolute atomic E-state index is 11.9. The molecule has 0 aliphatic heterocycles. The van der Waals surface area contributed by atoms with Gasteiger partial charge in [-0.2, -0.15) is 4.72 Å². The molecule has 0 aromatic rings. The van der Waals surface area contributed by atoms with E-state index in [2.05, 4.69) is 9.46 Å². The van der Waals surface area contributed by atoms with E-state index < -0.39 is 33.3 Å². The van der Waals surface area contributed by atoms with Crippen LogP contribution in [-0.4, -0.2) is 43.4 Å². The fourth-order valence-electron chi connectivity index (χ4n) is 2.38. The van der Waals surface area contributed by atoms with Crippen LogP contribution in [0.4, 0.5) is 0 Å². The third kappa shape index (κ3) is 4.75. The molecule has 1 aliphatic rings. The van der Waals surface area contributed by atoms with Gasteiger partial charge in [-0.25, -0.2) is 8.42 Å². The molecule has 7 nitrogen and oxygen atoms in total. The first-order chi connectivity index (χ1) is 9.31. The van der Waals surface area contributed by atoms with E-state index in [0.717, 1.165) is 12.8 Å². The molecule has 1 aliphatic carbocycles. The van der Waals surface area contributed by atoms with E-state index in [9.17, 15) is 23.1 Å². The quantitative estimate of drug-likeness (QED) is 0.550. The van der Waals surface area contributed by atoms with Crippen LogP contribution >= 0.6 is 0 Å². The Morgan fingerprint density at radius 1 is 1.20 bits per heavy atom. The molecule has 0 bridgehead atoms. The van der Waals surface area contributed by atoms with Crippen LogP contribution in [0.5, 0.6) is 0 Å². The minimum Gasteiger partial charge on any atom is -0.480 e. The summed E-state index contributed by atoms with van der Waals surface area (Å²) in [6.45, 7) is 1.65. The van der Waals surface area contributed by atoms with E-state index >= 15 is 0 Å². The second-order valence-corrected chi connectivity index (χ2v) is 6.69. The van der Waals surface area contributed by atoms with Gasteiger partial charge < -0.3 is 9.84 Å². The Morgan fingerprint density at radius 3 is 2.20 bits per heavy atom. The molecule has 0 amide bonds. The molecule has 1 fully saturated rings. The van der Waals surface area contributed by atoms with Crippen LogP contribution in [0.1, 0.15) is 45.4 Å². The molecular weight excluding hydrogens is 286 g/mol. The molecule has 1 saturated carbocycles. The van der Waals surface area contributed by atoms with E-state index in [1.165, 1.54) is 0 Å². The lowest BCUT2D eigenvalue weighted by molar-refractivity contribution is -0.145. The van der Waals surface area contributed by atoms with Gasteiger partial charge in [0.15, 0.2) is 5.75 Å². The molecule has 116 valence electrons. The van der Waals surface area contributed by atoms with E-state index in [1.807, 2.05) is 0 Å². The Labute approximate surface area is 118 Å². The molecular formula is C12H21NO6S. The van der Waals surface area contributed by atoms with Gasteiger partial charge in [-0.15, -0.1) is 0 Å². The van der Waals surface area contributed by atoms with Crippen molar-refractivity contribution in [1.82, 2.24) is 4.72 Å². The van der Waals surface area contributed by atoms with Gasteiger partial charge in [0.1, 0.15) is 5.54 Å². The van der Waals surface area contributed by atoms with E-state index in [0.29, 0.717) is 12.8 Å². The molecule has 2 N–H and O–H groups in total. The van der Waals surface area contributed by atoms with Gasteiger partial charge in [-0.1, -0.05) is 25.7 Å². The second kappa shape index (κ2) is 7.03. The number of rotatable bonds is 6. The number of carbonyl (C=O) groups is 2. The average molecular weight is 307 g/mol. The highest BCUT2D eigenvalue weighted by molar-refractivity contribution is 7.90. The minimum absolute atomic E-state index is 0.0818. The molecule has 0 atom stereocenters. The number of nitrogens with one attached hydrogen (secondary N) is 1. The summed E-state index contributed by atoms with van der Waals surface area (Å²) >= 11 is 0. The Balaban J connectivity index is 2.83. The van der Waals surface area contributed by atoms with Gasteiger partial charge >= 0.3 is 11.9 Å². The minimum atomic E-state index is -4.03. The number of aliphatic carboxylic acids is 1. The van der Waals surface area contributed by atoms with Crippen molar-refractivity contribution in [3.05, 3.63) is 0 Å². The van der Waals surface area contributed by atoms with Gasteiger partial charge in [-0.3, -0.25) is 9.59 Å². The fraction of sp³-hybridized carbons (Fsp3) is 0.833. The number of esters is 1. The zero-order valence-electron chi connectivity index (χ0n) is 11.6. The van der Waals surface area contributed by atoms with Crippen molar-refractivity contribution < 1.29 is 27.9 Å². The van der Waals surface area contributed by atoms with E-state index in [1.54, 1.807) is 6.92 Å². The van der Waals surface area contributed by atoms with Crippen LogP contribution < -0.4 is 4.72 Å². The normalized spacial score (nSPS) is 19.1. The number of carbonyl (C=O) groups excluding carboxylic acids is 1. The lowest BCUT2D eigenvalue weighted by atomic mass is 9.92. The summed E-state index contributed by atoms with van der Waals surface area (Å²) in [7, 11) is -4.03. The highest BCUT2D eigenvalue weighted by Crippen LogP contribution is 2.28. The van der Waals surface area contributed by atoms with Crippen LogP contribution in [0.15, 0.2) is 0 Å². The molecule has 1 rings (SSSR count). The number of sulfonamides is 1. The zero-order valence-corrected chi connectivity index (χ0v) is 12.4. The standard InChI is InChI=1S/C12H21NO6S/c1-2-19-10(14)9-20(17,18)13-12(11(15)16)7-5-3-4-6-8-12/h13H,2-9H2,1H3,(H,15,16). The first-order valence-electron chi connectivity index (χ1n) is 6.72. The zero-order chi connectivity index (χ0) is 15.2. The molecule has 8 heteroatoms. The first kappa shape index (κ1) is 16.9. The number of carboxylic acid groups (broad SMARTS) is 1. The van der Waals surface area contributed by atoms with Crippen molar-refractivity contribution in [3.63, 3.8) is 0 Å². The molecule has 0 aromatic heterocycles. The third-order valence-electron chi connectivity index (χ3n) is 3.33. The van der Waals surface area contributed by atoms with Gasteiger partial charge in [0.2, 0.25) is 10.0 Å². The van der Waals surface area contributed by atoms with Crippen LogP contribution in [0.2, 0.25) is 0 Å². The highest BCUT2D eigenvalue weighted by atomic mass is 32.2. The van der Waals surface area contributed by atoms with Crippen LogP contribution in [-0.2, 0) is 24.3 Å². The molecule has 0 radical (unpaired) electrons. The van der Waals surface area contributed by atoms with Crippen molar-refractivity contribution in [3.8, 4) is 0 Å². The van der Waals surface area contributed by atoms with Crippen molar-refractivity contribution in [2.75, 3.05) is 12.4 Å². The van der Waals surface area contributed by atoms with Crippen LogP contribution in [0.25, 0.3) is 0 Å². The summed E-state index contributed by atoms with van der Waals surface area (Å²) in [4.78, 5) is 22.7. The molecule has 0 saturated heterocycles. The number of hydrogen-bond acceptors (Lipinski definition) is 5. The Kier molecular flexibility index (Phi) is 5.94. The molecule has 0 aromatic carbocycles. The summed E-state index contributed by atoms with van der Waals surface area (Å²) in [5.74, 6) is -2.92. The van der Waals surface area contributed by atoms with E-state index in [4.69, 9.17) is 0 Å². The van der Waals surface area contributed by atoms with Crippen LogP contribution in [0, 0.1) is 0 Å². The maximum atomic E-state index is 11.9. The number of ether oxygens (including phenoxy) is 1. The summed E-state index contributed by atoms with van der Waals surface area (Å²) in [5.41, 5.74) is -1.50. The Hall–Kier alpha value is -1.15. The van der Waals surface area contributed by atoms with Crippen molar-refractivity contribution >= 4 is 22.0 Å². The van der Waals surface area contributed by atoms with Crippen molar-refractivity contribution in [1.29, 1.82) is 0 Å². The summed E-state index contributed by atoms with van der Waals surface area (Å²) in [6, 6.07) is 0. The second-order valence-electron chi connectivity index (χ2n) is 4.97. The average Bonchev–Trinajstić information content (AvgIpc) is 2.54. The predicted octanol–water partition coefficient (Wildman–Crippen LogP) is 0.646. The SMILES string of the molecule is CCOC(=O)CS(=O)(=O)NC1(C(=O)O)CCCCCC1. The fourth-order valence-corrected chi connectivity index (χ4v) is 3.74. The topological polar surface area (TPSA) is 110 Å². The summed E-state index contributed by atoms with van der Waals surface area (Å²) < 4.78 is 30.7. The first-order valence-corrected chi connectivity index (χ1v) is 8.37. The molecule has 0 unspecified atom stereocenters. The monoisotopic (exact) mass is 307 g/mol. The van der Waals surface area contributed by atoms with Gasteiger partial charge in [0.25, 0.3) is 0 Å². The Morgan fingerprint density at radius 2 is 1.75 bits per heavy atom. The predicted molar refractivity (Wildman–Crippen MR) is 71.6 cm³/mol. The number of carboxylic acids is 1. The van der Waals surface area contributed by atoms with Gasteiger partial charge in [0.05, 0.1) is 6.61 Å². The van der Waals surface area contributed by atoms with Crippen molar-refractivity contribution in [2.45, 2.75) is 51.0 Å². The largest absolute Gasteiger partial charge is 0.480 e. The molecule has 0 heterocycles. The van der Waals surface area contributed by atoms with Crippen LogP contribution in [0.3, 0.4) is 0 Å². The lowest BCUT2D eigenvalue weighted by Crippen LogP contribution is -2.55. The smallest absolute Gasteiger partial charge is 0.324 e. The highest BCUT2D eigenvalue weighted by Gasteiger charge is 2.42. The third-order valence-corrected chi connectivity index (χ3v) is 4.65. The molecule has 0 spiro atoms. The van der Waals surface area contributed by atoms with E-state index in [-0.39, 0.29) is 19.4 Å². The lowest BCUT2D eigenvalue weighted by Gasteiger charge is -2.28. The number of hydrogen-bond donors (Lipinski definition) is 2.